The van der Waals surface area contributed by atoms with E-state index in [1.807, 2.05) is 24.3 Å². The molecule has 1 aromatic heterocycles. The zero-order valence-electron chi connectivity index (χ0n) is 12.7. The summed E-state index contributed by atoms with van der Waals surface area (Å²) in [6.45, 7) is 1.05. The van der Waals surface area contributed by atoms with E-state index in [1.165, 1.54) is 31.5 Å². The molecule has 4 rings (SSSR count). The minimum absolute atomic E-state index is 0.124. The van der Waals surface area contributed by atoms with Crippen LogP contribution in [0.2, 0.25) is 0 Å². The molecule has 0 unspecified atom stereocenters. The van der Waals surface area contributed by atoms with Crippen molar-refractivity contribution in [3.63, 3.8) is 0 Å². The molecule has 1 aromatic carbocycles. The van der Waals surface area contributed by atoms with E-state index in [-0.39, 0.29) is 5.91 Å². The molecule has 4 heteroatoms. The van der Waals surface area contributed by atoms with Crippen molar-refractivity contribution in [2.45, 2.75) is 45.1 Å². The van der Waals surface area contributed by atoms with Crippen molar-refractivity contribution in [1.82, 2.24) is 9.55 Å². The van der Waals surface area contributed by atoms with Gasteiger partial charge < -0.3 is 9.88 Å². The number of hydrogen-bond acceptors (Lipinski definition) is 2. The molecule has 1 aliphatic heterocycles. The number of para-hydroxylation sites is 1. The van der Waals surface area contributed by atoms with Crippen molar-refractivity contribution in [2.75, 3.05) is 5.32 Å². The van der Waals surface area contributed by atoms with Crippen molar-refractivity contribution in [1.29, 1.82) is 0 Å². The largest absolute Gasteiger partial charge is 0.334 e. The molecule has 1 aliphatic carbocycles. The van der Waals surface area contributed by atoms with Crippen LogP contribution in [-0.4, -0.2) is 15.5 Å². The number of aromatic nitrogens is 2. The second kappa shape index (κ2) is 5.59. The maximum Gasteiger partial charge on any atom is 0.224 e. The van der Waals surface area contributed by atoms with Crippen LogP contribution in [-0.2, 0) is 17.8 Å². The Labute approximate surface area is 130 Å². The highest BCUT2D eigenvalue weighted by molar-refractivity contribution is 5.95. The van der Waals surface area contributed by atoms with Crippen LogP contribution < -0.4 is 5.32 Å². The van der Waals surface area contributed by atoms with Crippen LogP contribution in [0.25, 0.3) is 11.3 Å². The SMILES string of the molecule is O=C(CC1CC1)Nc1ccccc1-c1cn2c(n1)CCCC2. The fourth-order valence-electron chi connectivity index (χ4n) is 3.14. The second-order valence-corrected chi connectivity index (χ2v) is 6.43. The van der Waals surface area contributed by atoms with Gasteiger partial charge in [0.25, 0.3) is 0 Å². The molecule has 1 N–H and O–H groups in total. The van der Waals surface area contributed by atoms with E-state index >= 15 is 0 Å². The predicted molar refractivity (Wildman–Crippen MR) is 86.6 cm³/mol. The molecule has 1 amide bonds. The number of hydrogen-bond donors (Lipinski definition) is 1. The minimum atomic E-state index is 0.124. The highest BCUT2D eigenvalue weighted by atomic mass is 16.1. The van der Waals surface area contributed by atoms with Crippen LogP contribution in [0.3, 0.4) is 0 Å². The summed E-state index contributed by atoms with van der Waals surface area (Å²) in [6.07, 6.45) is 8.66. The van der Waals surface area contributed by atoms with Gasteiger partial charge in [-0.2, -0.15) is 0 Å². The van der Waals surface area contributed by atoms with Crippen molar-refractivity contribution in [3.05, 3.63) is 36.3 Å². The molecule has 1 fully saturated rings. The Morgan fingerprint density at radius 3 is 2.95 bits per heavy atom. The number of nitrogens with zero attached hydrogens (tertiary/aromatic N) is 2. The highest BCUT2D eigenvalue weighted by Crippen LogP contribution is 2.33. The Kier molecular flexibility index (Phi) is 3.45. The molecule has 2 aromatic rings. The molecule has 2 heterocycles. The minimum Gasteiger partial charge on any atom is -0.334 e. The van der Waals surface area contributed by atoms with Gasteiger partial charge in [-0.15, -0.1) is 0 Å². The fraction of sp³-hybridized carbons (Fsp3) is 0.444. The highest BCUT2D eigenvalue weighted by Gasteiger charge is 2.25. The molecule has 0 radical (unpaired) electrons. The lowest BCUT2D eigenvalue weighted by atomic mass is 10.1. The Balaban J connectivity index is 1.60. The van der Waals surface area contributed by atoms with Gasteiger partial charge >= 0.3 is 0 Å². The summed E-state index contributed by atoms with van der Waals surface area (Å²) in [5.41, 5.74) is 2.87. The first-order chi connectivity index (χ1) is 10.8. The van der Waals surface area contributed by atoms with E-state index in [1.54, 1.807) is 0 Å². The Morgan fingerprint density at radius 2 is 2.14 bits per heavy atom. The second-order valence-electron chi connectivity index (χ2n) is 6.43. The molecule has 1 saturated carbocycles. The van der Waals surface area contributed by atoms with Crippen LogP contribution >= 0.6 is 0 Å². The Morgan fingerprint density at radius 1 is 1.27 bits per heavy atom. The first kappa shape index (κ1) is 13.6. The smallest absolute Gasteiger partial charge is 0.224 e. The van der Waals surface area contributed by atoms with Gasteiger partial charge in [-0.05, 0) is 37.7 Å². The van der Waals surface area contributed by atoms with Crippen molar-refractivity contribution in [3.8, 4) is 11.3 Å². The summed E-state index contributed by atoms with van der Waals surface area (Å²) in [4.78, 5) is 16.9. The lowest BCUT2D eigenvalue weighted by Crippen LogP contribution is -2.12. The maximum atomic E-state index is 12.1. The van der Waals surface area contributed by atoms with Gasteiger partial charge in [0.1, 0.15) is 5.82 Å². The van der Waals surface area contributed by atoms with Crippen LogP contribution in [0.5, 0.6) is 0 Å². The molecule has 0 spiro atoms. The zero-order chi connectivity index (χ0) is 14.9. The molecule has 0 saturated heterocycles. The first-order valence-electron chi connectivity index (χ1n) is 8.25. The maximum absolute atomic E-state index is 12.1. The first-order valence-corrected chi connectivity index (χ1v) is 8.25. The number of imidazole rings is 1. The summed E-state index contributed by atoms with van der Waals surface area (Å²) >= 11 is 0. The van der Waals surface area contributed by atoms with Gasteiger partial charge in [0.15, 0.2) is 0 Å². The predicted octanol–water partition coefficient (Wildman–Crippen LogP) is 3.63. The Bertz CT molecular complexity index is 677. The molecule has 4 nitrogen and oxygen atoms in total. The standard InChI is InChI=1S/C18H21N3O/c22-18(11-13-8-9-13)20-15-6-2-1-5-14(15)16-12-21-10-4-3-7-17(21)19-16/h1-2,5-6,12-13H,3-4,7-11H2,(H,20,22). The zero-order valence-corrected chi connectivity index (χ0v) is 12.7. The van der Waals surface area contributed by atoms with E-state index in [0.717, 1.165) is 29.9 Å². The molecule has 2 aliphatic rings. The number of benzene rings is 1. The molecular formula is C18H21N3O. The van der Waals surface area contributed by atoms with Crippen molar-refractivity contribution in [2.24, 2.45) is 5.92 Å². The normalized spacial score (nSPS) is 17.1. The van der Waals surface area contributed by atoms with E-state index in [9.17, 15) is 4.79 Å². The van der Waals surface area contributed by atoms with Gasteiger partial charge in [0.05, 0.1) is 11.4 Å². The van der Waals surface area contributed by atoms with Crippen molar-refractivity contribution >= 4 is 11.6 Å². The van der Waals surface area contributed by atoms with Crippen LogP contribution in [0.4, 0.5) is 5.69 Å². The third kappa shape index (κ3) is 2.78. The van der Waals surface area contributed by atoms with Gasteiger partial charge in [0, 0.05) is 31.1 Å². The molecule has 0 bridgehead atoms. The lowest BCUT2D eigenvalue weighted by molar-refractivity contribution is -0.116. The van der Waals surface area contributed by atoms with E-state index in [4.69, 9.17) is 4.98 Å². The monoisotopic (exact) mass is 295 g/mol. The van der Waals surface area contributed by atoms with Crippen LogP contribution in [0.1, 0.15) is 37.9 Å². The molecule has 0 atom stereocenters. The molecular weight excluding hydrogens is 274 g/mol. The number of nitrogens with one attached hydrogen (secondary N) is 1. The number of aryl methyl sites for hydroxylation is 2. The summed E-state index contributed by atoms with van der Waals surface area (Å²) in [6, 6.07) is 7.98. The molecule has 114 valence electrons. The molecule has 22 heavy (non-hydrogen) atoms. The lowest BCUT2D eigenvalue weighted by Gasteiger charge is -2.11. The van der Waals surface area contributed by atoms with E-state index in [2.05, 4.69) is 16.1 Å². The van der Waals surface area contributed by atoms with Gasteiger partial charge in [0.2, 0.25) is 5.91 Å². The van der Waals surface area contributed by atoms with Gasteiger partial charge in [-0.25, -0.2) is 4.98 Å². The number of anilines is 1. The average molecular weight is 295 g/mol. The summed E-state index contributed by atoms with van der Waals surface area (Å²) in [7, 11) is 0. The Hall–Kier alpha value is -2.10. The average Bonchev–Trinajstić information content (AvgIpc) is 3.23. The summed E-state index contributed by atoms with van der Waals surface area (Å²) in [5.74, 6) is 1.89. The summed E-state index contributed by atoms with van der Waals surface area (Å²) < 4.78 is 2.25. The van der Waals surface area contributed by atoms with Crippen LogP contribution in [0, 0.1) is 5.92 Å². The quantitative estimate of drug-likeness (QED) is 0.936. The van der Waals surface area contributed by atoms with Crippen molar-refractivity contribution < 1.29 is 4.79 Å². The summed E-state index contributed by atoms with van der Waals surface area (Å²) in [5, 5.41) is 3.07. The van der Waals surface area contributed by atoms with E-state index < -0.39 is 0 Å². The van der Waals surface area contributed by atoms with Gasteiger partial charge in [-0.1, -0.05) is 18.2 Å². The van der Waals surface area contributed by atoms with Crippen LogP contribution in [0.15, 0.2) is 30.5 Å². The topological polar surface area (TPSA) is 46.9 Å². The fourth-order valence-corrected chi connectivity index (χ4v) is 3.14. The number of carbonyl (C=O) groups is 1. The number of fused-ring (bicyclic) bond motifs is 1. The number of rotatable bonds is 4. The third-order valence-electron chi connectivity index (χ3n) is 4.56. The van der Waals surface area contributed by atoms with E-state index in [0.29, 0.717) is 12.3 Å². The third-order valence-corrected chi connectivity index (χ3v) is 4.56. The number of carbonyl (C=O) groups excluding carboxylic acids is 1. The number of amides is 1. The van der Waals surface area contributed by atoms with Gasteiger partial charge in [-0.3, -0.25) is 4.79 Å².